The van der Waals surface area contributed by atoms with Gasteiger partial charge in [-0.3, -0.25) is 19.0 Å². The average molecular weight is 831 g/mol. The highest BCUT2D eigenvalue weighted by molar-refractivity contribution is 6.00. The molecule has 6 heterocycles. The van der Waals surface area contributed by atoms with Crippen molar-refractivity contribution in [2.24, 2.45) is 25.9 Å². The van der Waals surface area contributed by atoms with Crippen molar-refractivity contribution in [3.8, 4) is 22.5 Å². The van der Waals surface area contributed by atoms with Gasteiger partial charge in [0.05, 0.1) is 23.8 Å². The smallest absolute Gasteiger partial charge is 0.229 e. The zero-order chi connectivity index (χ0) is 42.8. The van der Waals surface area contributed by atoms with Crippen molar-refractivity contribution in [2.75, 3.05) is 21.7 Å². The first kappa shape index (κ1) is 38.6. The lowest BCUT2D eigenvalue weighted by Gasteiger charge is -2.16. The van der Waals surface area contributed by atoms with Gasteiger partial charge in [0.2, 0.25) is 11.8 Å². The number of nitrogens with zero attached hydrogens (tertiary/aromatic N) is 8. The number of carbonyl (C=O) groups excluding carboxylic acids is 2. The third kappa shape index (κ3) is 7.33. The van der Waals surface area contributed by atoms with Crippen molar-refractivity contribution in [1.82, 2.24) is 39.5 Å². The molecule has 0 aliphatic heterocycles. The van der Waals surface area contributed by atoms with Gasteiger partial charge < -0.3 is 21.7 Å². The first-order chi connectivity index (χ1) is 30.0. The van der Waals surface area contributed by atoms with Crippen molar-refractivity contribution < 1.29 is 18.4 Å². The Morgan fingerprint density at radius 1 is 0.726 bits per heavy atom. The predicted molar refractivity (Wildman–Crippen MR) is 232 cm³/mol. The van der Waals surface area contributed by atoms with Crippen LogP contribution in [0.4, 0.5) is 32.1 Å². The lowest BCUT2D eigenvalue weighted by molar-refractivity contribution is -0.118. The molecular formula is C46H40F2N12O2. The van der Waals surface area contributed by atoms with Crippen molar-refractivity contribution in [3.63, 3.8) is 0 Å². The maximum atomic E-state index is 16.0. The summed E-state index contributed by atoms with van der Waals surface area (Å²) in [7, 11) is 3.69. The van der Waals surface area contributed by atoms with Crippen LogP contribution in [0.15, 0.2) is 97.8 Å². The Hall–Kier alpha value is -7.62. The predicted octanol–water partition coefficient (Wildman–Crippen LogP) is 7.64. The van der Waals surface area contributed by atoms with Gasteiger partial charge in [-0.15, -0.1) is 0 Å². The van der Waals surface area contributed by atoms with E-state index >= 15 is 8.78 Å². The van der Waals surface area contributed by atoms with Gasteiger partial charge in [0.1, 0.15) is 34.9 Å². The van der Waals surface area contributed by atoms with Crippen LogP contribution in [-0.2, 0) is 30.2 Å². The van der Waals surface area contributed by atoms with Crippen LogP contribution in [0.2, 0.25) is 0 Å². The average Bonchev–Trinajstić information content (AvgIpc) is 4.14. The number of aryl methyl sites for hydroxylation is 3. The van der Waals surface area contributed by atoms with Gasteiger partial charge in [-0.05, 0) is 101 Å². The molecule has 0 saturated heterocycles. The fraction of sp³-hybridized carbons (Fsp3) is 0.217. The van der Waals surface area contributed by atoms with Crippen molar-refractivity contribution >= 4 is 56.6 Å². The number of hydrogen-bond acceptors (Lipinski definition) is 10. The zero-order valence-corrected chi connectivity index (χ0v) is 33.9. The topological polar surface area (TPSA) is 183 Å². The molecule has 2 saturated carbocycles. The maximum Gasteiger partial charge on any atom is 0.229 e. The van der Waals surface area contributed by atoms with Crippen LogP contribution < -0.4 is 21.7 Å². The van der Waals surface area contributed by atoms with E-state index in [1.165, 1.54) is 12.1 Å². The van der Waals surface area contributed by atoms with Gasteiger partial charge in [0, 0.05) is 79.2 Å². The zero-order valence-electron chi connectivity index (χ0n) is 33.9. The number of pyridine rings is 4. The number of fused-ring (bicyclic) bond motifs is 2. The van der Waals surface area contributed by atoms with E-state index < -0.39 is 11.6 Å². The van der Waals surface area contributed by atoms with E-state index in [-0.39, 0.29) is 59.1 Å². The quantitative estimate of drug-likeness (QED) is 0.101. The largest absolute Gasteiger partial charge is 0.383 e. The lowest BCUT2D eigenvalue weighted by Crippen LogP contribution is -2.15. The van der Waals surface area contributed by atoms with Crippen LogP contribution in [0.5, 0.6) is 0 Å². The molecule has 0 radical (unpaired) electrons. The maximum absolute atomic E-state index is 16.0. The lowest BCUT2D eigenvalue weighted by atomic mass is 10.0. The summed E-state index contributed by atoms with van der Waals surface area (Å²) >= 11 is 0. The van der Waals surface area contributed by atoms with Crippen molar-refractivity contribution in [1.29, 1.82) is 0 Å². The van der Waals surface area contributed by atoms with Crippen LogP contribution in [0, 0.1) is 30.4 Å². The molecule has 10 rings (SSSR count). The molecule has 8 aromatic rings. The van der Waals surface area contributed by atoms with Crippen LogP contribution >= 0.6 is 0 Å². The van der Waals surface area contributed by atoms with Gasteiger partial charge in [-0.2, -0.15) is 10.2 Å². The number of nitrogen functional groups attached to an aromatic ring is 1. The van der Waals surface area contributed by atoms with E-state index in [1.54, 1.807) is 76.6 Å². The van der Waals surface area contributed by atoms with Gasteiger partial charge in [-0.25, -0.2) is 28.7 Å². The van der Waals surface area contributed by atoms with Crippen LogP contribution in [0.25, 0.3) is 44.1 Å². The minimum atomic E-state index is -0.523. The number of carbonyl (C=O) groups is 2. The highest BCUT2D eigenvalue weighted by Crippen LogP contribution is 2.49. The molecule has 2 aliphatic carbocycles. The van der Waals surface area contributed by atoms with Gasteiger partial charge >= 0.3 is 0 Å². The first-order valence-corrected chi connectivity index (χ1v) is 20.2. The van der Waals surface area contributed by atoms with Crippen molar-refractivity contribution in [2.45, 2.75) is 38.1 Å². The Morgan fingerprint density at radius 3 is 1.85 bits per heavy atom. The Kier molecular flexibility index (Phi) is 9.41. The Labute approximate surface area is 353 Å². The summed E-state index contributed by atoms with van der Waals surface area (Å²) in [6.07, 6.45) is 12.0. The number of hydrogen-bond donors (Lipinski definition) is 4. The molecule has 2 aliphatic rings. The number of nitrogens with two attached hydrogens (primary N) is 1. The van der Waals surface area contributed by atoms with Gasteiger partial charge in [-0.1, -0.05) is 24.3 Å². The number of amides is 2. The molecular weight excluding hydrogens is 791 g/mol. The molecule has 14 nitrogen and oxygen atoms in total. The second-order valence-electron chi connectivity index (χ2n) is 16.2. The third-order valence-corrected chi connectivity index (χ3v) is 11.8. The SMILES string of the molecule is Cc1cccc(F)c1-c1cc2cc(NC(=O)[C@@H]3C[C@H]3c3cnn(C)c3)ncc2c(NCc2cccc(F)c2-c2cc3cc(NC(=O)[C@H]4C[C@@H]4c4cnn(C)c4)ncc3c(N)n2)n1. The Morgan fingerprint density at radius 2 is 1.27 bits per heavy atom. The van der Waals surface area contributed by atoms with Gasteiger partial charge in [0.25, 0.3) is 0 Å². The molecule has 16 heteroatoms. The second-order valence-corrected chi connectivity index (χ2v) is 16.2. The summed E-state index contributed by atoms with van der Waals surface area (Å²) < 4.78 is 34.9. The fourth-order valence-corrected chi connectivity index (χ4v) is 8.40. The summed E-state index contributed by atoms with van der Waals surface area (Å²) in [5, 5.41) is 20.1. The summed E-state index contributed by atoms with van der Waals surface area (Å²) in [6, 6.07) is 16.5. The summed E-state index contributed by atoms with van der Waals surface area (Å²) in [5.41, 5.74) is 10.9. The molecule has 2 fully saturated rings. The Balaban J connectivity index is 0.938. The molecule has 0 spiro atoms. The van der Waals surface area contributed by atoms with Crippen LogP contribution in [-0.4, -0.2) is 51.3 Å². The first-order valence-electron chi connectivity index (χ1n) is 20.2. The molecule has 5 N–H and O–H groups in total. The van der Waals surface area contributed by atoms with E-state index in [1.807, 2.05) is 39.5 Å². The van der Waals surface area contributed by atoms with E-state index in [2.05, 4.69) is 41.1 Å². The summed E-state index contributed by atoms with van der Waals surface area (Å²) in [5.74, 6) is -0.239. The van der Waals surface area contributed by atoms with Crippen molar-refractivity contribution in [3.05, 3.63) is 132 Å². The van der Waals surface area contributed by atoms with E-state index in [4.69, 9.17) is 10.7 Å². The summed E-state index contributed by atoms with van der Waals surface area (Å²) in [4.78, 5) is 44.9. The number of nitrogens with one attached hydrogen (secondary N) is 3. The number of anilines is 4. The number of halogens is 2. The highest BCUT2D eigenvalue weighted by atomic mass is 19.1. The summed E-state index contributed by atoms with van der Waals surface area (Å²) in [6.45, 7) is 1.89. The van der Waals surface area contributed by atoms with E-state index in [9.17, 15) is 9.59 Å². The molecule has 0 bridgehead atoms. The van der Waals surface area contributed by atoms with E-state index in [0.29, 0.717) is 67.8 Å². The fourth-order valence-electron chi connectivity index (χ4n) is 8.40. The molecule has 0 unspecified atom stereocenters. The molecule has 62 heavy (non-hydrogen) atoms. The minimum Gasteiger partial charge on any atom is -0.383 e. The minimum absolute atomic E-state index is 0.0849. The number of rotatable bonds is 11. The normalized spacial score (nSPS) is 17.9. The van der Waals surface area contributed by atoms with Crippen LogP contribution in [0.3, 0.4) is 0 Å². The molecule has 2 aromatic carbocycles. The highest BCUT2D eigenvalue weighted by Gasteiger charge is 2.45. The molecule has 2 amide bonds. The molecule has 310 valence electrons. The van der Waals surface area contributed by atoms with Crippen LogP contribution in [0.1, 0.15) is 46.9 Å². The third-order valence-electron chi connectivity index (χ3n) is 11.8. The standard InChI is InChI=1S/C46H40F2N12O2/c1-23-6-4-8-35(47)41(23)37-11-26-13-40(58-46(62)32-15-30(32)28-18-54-60(3)22-28)51-20-34(26)44(56-37)52-16-24-7-5-9-36(48)42(24)38-10-25-12-39(50-19-33(25)43(49)55-38)57-45(61)31-14-29(31)27-17-53-59(2)21-27/h4-13,17-22,29-32H,14-16H2,1-3H3,(H2,49,55)(H,52,56)(H,50,57,61)(H,51,58,62)/t29-,30+,31+,32-/m1/s1. The number of benzene rings is 2. The van der Waals surface area contributed by atoms with Gasteiger partial charge in [0.15, 0.2) is 0 Å². The van der Waals surface area contributed by atoms with E-state index in [0.717, 1.165) is 17.5 Å². The monoisotopic (exact) mass is 830 g/mol. The number of aromatic nitrogens is 8. The second kappa shape index (κ2) is 15.1. The molecule has 6 aromatic heterocycles. The molecule has 4 atom stereocenters. The Bertz CT molecular complexity index is 3090.